The van der Waals surface area contributed by atoms with Crippen LogP contribution in [-0.2, 0) is 6.42 Å². The zero-order valence-electron chi connectivity index (χ0n) is 13.6. The Morgan fingerprint density at radius 2 is 2.00 bits per heavy atom. The Morgan fingerprint density at radius 3 is 2.76 bits per heavy atom. The lowest BCUT2D eigenvalue weighted by atomic mass is 10.1. The molecule has 0 amide bonds. The largest absolute Gasteiger partial charge is 0.370 e. The predicted molar refractivity (Wildman–Crippen MR) is 90.5 cm³/mol. The minimum atomic E-state index is 0.565. The van der Waals surface area contributed by atoms with Crippen molar-refractivity contribution in [3.8, 4) is 0 Å². The summed E-state index contributed by atoms with van der Waals surface area (Å²) in [5.41, 5.74) is 8.40. The average molecular weight is 290 g/mol. The number of aromatic nitrogens is 1. The summed E-state index contributed by atoms with van der Waals surface area (Å²) < 4.78 is 0. The van der Waals surface area contributed by atoms with Gasteiger partial charge in [0.1, 0.15) is 0 Å². The fourth-order valence-electron chi connectivity index (χ4n) is 2.26. The lowest BCUT2D eigenvalue weighted by Gasteiger charge is -2.07. The molecule has 3 N–H and O–H groups in total. The molecule has 0 aliphatic heterocycles. The van der Waals surface area contributed by atoms with Crippen LogP contribution in [0.25, 0.3) is 0 Å². The molecule has 1 heterocycles. The van der Waals surface area contributed by atoms with Gasteiger partial charge in [0, 0.05) is 25.5 Å². The predicted octanol–water partition coefficient (Wildman–Crippen LogP) is 3.20. The van der Waals surface area contributed by atoms with Crippen LogP contribution in [0.1, 0.15) is 56.6 Å². The number of hydrogen-bond donors (Lipinski definition) is 2. The van der Waals surface area contributed by atoms with Crippen molar-refractivity contribution < 1.29 is 0 Å². The number of nitrogens with two attached hydrogens (primary N) is 1. The van der Waals surface area contributed by atoms with Gasteiger partial charge in [-0.05, 0) is 37.0 Å². The molecule has 0 fully saturated rings. The SMILES string of the molecule is CCCCCCCCN=C(N)NCCc1ccncc1C. The molecule has 0 atom stereocenters. The van der Waals surface area contributed by atoms with E-state index in [1.54, 1.807) is 0 Å². The normalized spacial score (nSPS) is 11.6. The first kappa shape index (κ1) is 17.5. The van der Waals surface area contributed by atoms with E-state index in [1.807, 2.05) is 12.4 Å². The molecule has 1 aromatic heterocycles. The number of unbranched alkanes of at least 4 members (excludes halogenated alkanes) is 5. The monoisotopic (exact) mass is 290 g/mol. The molecule has 0 aliphatic rings. The zero-order chi connectivity index (χ0) is 15.3. The summed E-state index contributed by atoms with van der Waals surface area (Å²) in [5.74, 6) is 0.565. The van der Waals surface area contributed by atoms with Crippen molar-refractivity contribution in [3.63, 3.8) is 0 Å². The minimum absolute atomic E-state index is 0.565. The molecule has 0 aliphatic carbocycles. The Bertz CT molecular complexity index is 415. The van der Waals surface area contributed by atoms with Gasteiger partial charge < -0.3 is 11.1 Å². The first-order valence-corrected chi connectivity index (χ1v) is 8.17. The number of nitrogens with zero attached hydrogens (tertiary/aromatic N) is 2. The second-order valence-electron chi connectivity index (χ2n) is 5.51. The standard InChI is InChI=1S/C17H30N4/c1-3-4-5-6-7-8-11-20-17(18)21-13-10-16-9-12-19-14-15(16)2/h9,12,14H,3-8,10-11,13H2,1-2H3,(H3,18,20,21). The second-order valence-corrected chi connectivity index (χ2v) is 5.51. The van der Waals surface area contributed by atoms with Crippen molar-refractivity contribution in [2.24, 2.45) is 10.7 Å². The van der Waals surface area contributed by atoms with Crippen molar-refractivity contribution in [2.75, 3.05) is 13.1 Å². The van der Waals surface area contributed by atoms with Crippen molar-refractivity contribution in [3.05, 3.63) is 29.6 Å². The molecular weight excluding hydrogens is 260 g/mol. The maximum absolute atomic E-state index is 5.86. The summed E-state index contributed by atoms with van der Waals surface area (Å²) >= 11 is 0. The Balaban J connectivity index is 2.09. The summed E-state index contributed by atoms with van der Waals surface area (Å²) in [6, 6.07) is 2.06. The summed E-state index contributed by atoms with van der Waals surface area (Å²) in [5, 5.41) is 3.18. The van der Waals surface area contributed by atoms with Gasteiger partial charge in [0.25, 0.3) is 0 Å². The van der Waals surface area contributed by atoms with Crippen molar-refractivity contribution in [1.82, 2.24) is 10.3 Å². The molecule has 0 radical (unpaired) electrons. The Hall–Kier alpha value is -1.58. The van der Waals surface area contributed by atoms with Gasteiger partial charge in [0.15, 0.2) is 5.96 Å². The number of nitrogens with one attached hydrogen (secondary N) is 1. The van der Waals surface area contributed by atoms with E-state index in [4.69, 9.17) is 5.73 Å². The molecule has 21 heavy (non-hydrogen) atoms. The maximum atomic E-state index is 5.86. The highest BCUT2D eigenvalue weighted by Crippen LogP contribution is 2.05. The highest BCUT2D eigenvalue weighted by molar-refractivity contribution is 5.77. The van der Waals surface area contributed by atoms with Crippen LogP contribution in [0.5, 0.6) is 0 Å². The van der Waals surface area contributed by atoms with Crippen LogP contribution in [0.3, 0.4) is 0 Å². The van der Waals surface area contributed by atoms with Crippen molar-refractivity contribution in [2.45, 2.75) is 58.8 Å². The quantitative estimate of drug-likeness (QED) is 0.395. The van der Waals surface area contributed by atoms with Gasteiger partial charge >= 0.3 is 0 Å². The number of hydrogen-bond acceptors (Lipinski definition) is 2. The Labute approximate surface area is 129 Å². The maximum Gasteiger partial charge on any atom is 0.188 e. The van der Waals surface area contributed by atoms with E-state index in [1.165, 1.54) is 43.2 Å². The number of pyridine rings is 1. The van der Waals surface area contributed by atoms with E-state index in [9.17, 15) is 0 Å². The van der Waals surface area contributed by atoms with Gasteiger partial charge in [0.2, 0.25) is 0 Å². The van der Waals surface area contributed by atoms with Gasteiger partial charge in [-0.3, -0.25) is 9.98 Å². The molecule has 0 unspecified atom stereocenters. The molecule has 1 rings (SSSR count). The third kappa shape index (κ3) is 8.33. The fourth-order valence-corrected chi connectivity index (χ4v) is 2.26. The van der Waals surface area contributed by atoms with E-state index in [2.05, 4.69) is 35.2 Å². The van der Waals surface area contributed by atoms with E-state index in [0.717, 1.165) is 25.9 Å². The van der Waals surface area contributed by atoms with Gasteiger partial charge in [-0.25, -0.2) is 0 Å². The van der Waals surface area contributed by atoms with Crippen LogP contribution in [0.2, 0.25) is 0 Å². The Kier molecular flexibility index (Phi) is 9.25. The molecular formula is C17H30N4. The van der Waals surface area contributed by atoms with Gasteiger partial charge in [-0.2, -0.15) is 0 Å². The third-order valence-corrected chi connectivity index (χ3v) is 3.63. The first-order chi connectivity index (χ1) is 10.2. The molecule has 118 valence electrons. The number of aliphatic imine (C=N–C) groups is 1. The van der Waals surface area contributed by atoms with Crippen molar-refractivity contribution >= 4 is 5.96 Å². The fraction of sp³-hybridized carbons (Fsp3) is 0.647. The van der Waals surface area contributed by atoms with E-state index in [0.29, 0.717) is 5.96 Å². The molecule has 0 spiro atoms. The lowest BCUT2D eigenvalue weighted by molar-refractivity contribution is 0.611. The molecule has 4 nitrogen and oxygen atoms in total. The highest BCUT2D eigenvalue weighted by atomic mass is 15.1. The lowest BCUT2D eigenvalue weighted by Crippen LogP contribution is -2.33. The van der Waals surface area contributed by atoms with E-state index in [-0.39, 0.29) is 0 Å². The van der Waals surface area contributed by atoms with Crippen LogP contribution in [0.4, 0.5) is 0 Å². The molecule has 4 heteroatoms. The van der Waals surface area contributed by atoms with Crippen LogP contribution < -0.4 is 11.1 Å². The average Bonchev–Trinajstić information content (AvgIpc) is 2.48. The topological polar surface area (TPSA) is 63.3 Å². The summed E-state index contributed by atoms with van der Waals surface area (Å²) in [4.78, 5) is 8.46. The zero-order valence-corrected chi connectivity index (χ0v) is 13.6. The van der Waals surface area contributed by atoms with Crippen molar-refractivity contribution in [1.29, 1.82) is 0 Å². The summed E-state index contributed by atoms with van der Waals surface area (Å²) in [7, 11) is 0. The smallest absolute Gasteiger partial charge is 0.188 e. The molecule has 0 saturated heterocycles. The second kappa shape index (κ2) is 11.1. The van der Waals surface area contributed by atoms with Crippen LogP contribution in [-0.4, -0.2) is 24.0 Å². The molecule has 0 saturated carbocycles. The summed E-state index contributed by atoms with van der Waals surface area (Å²) in [6.07, 6.45) is 12.4. The van der Waals surface area contributed by atoms with Gasteiger partial charge in [0.05, 0.1) is 0 Å². The van der Waals surface area contributed by atoms with Crippen LogP contribution in [0, 0.1) is 6.92 Å². The molecule has 0 aromatic carbocycles. The summed E-state index contributed by atoms with van der Waals surface area (Å²) in [6.45, 7) is 5.97. The van der Waals surface area contributed by atoms with E-state index < -0.39 is 0 Å². The van der Waals surface area contributed by atoms with Gasteiger partial charge in [-0.1, -0.05) is 39.0 Å². The molecule has 0 bridgehead atoms. The number of rotatable bonds is 10. The van der Waals surface area contributed by atoms with E-state index >= 15 is 0 Å². The minimum Gasteiger partial charge on any atom is -0.370 e. The number of guanidine groups is 1. The highest BCUT2D eigenvalue weighted by Gasteiger charge is 1.98. The Morgan fingerprint density at radius 1 is 1.24 bits per heavy atom. The van der Waals surface area contributed by atoms with Crippen LogP contribution in [0.15, 0.2) is 23.5 Å². The van der Waals surface area contributed by atoms with Gasteiger partial charge in [-0.15, -0.1) is 0 Å². The first-order valence-electron chi connectivity index (χ1n) is 8.17. The van der Waals surface area contributed by atoms with Crippen LogP contribution >= 0.6 is 0 Å². The third-order valence-electron chi connectivity index (χ3n) is 3.63. The molecule has 1 aromatic rings. The number of aryl methyl sites for hydroxylation is 1.